The Morgan fingerprint density at radius 1 is 1.24 bits per heavy atom. The molecule has 1 N–H and O–H groups in total. The van der Waals surface area contributed by atoms with Crippen LogP contribution in [0.25, 0.3) is 0 Å². The topological polar surface area (TPSA) is 61.9 Å². The summed E-state index contributed by atoms with van der Waals surface area (Å²) in [5.41, 5.74) is 1.72. The van der Waals surface area contributed by atoms with Crippen LogP contribution in [0.15, 0.2) is 24.3 Å². The molecule has 3 aliphatic rings. The number of rotatable bonds is 5. The molecule has 5 unspecified atom stereocenters. The molecule has 1 aromatic carbocycles. The van der Waals surface area contributed by atoms with Crippen LogP contribution < -0.4 is 10.2 Å². The first-order valence-corrected chi connectivity index (χ1v) is 11.0. The SMILES string of the molecule is CCCCN1C(=O)N(c2cccc(C)c2)C(=O)C2CNC3C(OC)CCCC3C21. The molecule has 6 nitrogen and oxygen atoms in total. The molecule has 0 radical (unpaired) electrons. The Morgan fingerprint density at radius 2 is 2.07 bits per heavy atom. The van der Waals surface area contributed by atoms with Crippen molar-refractivity contribution in [1.82, 2.24) is 10.2 Å². The normalized spacial score (nSPS) is 32.2. The van der Waals surface area contributed by atoms with Gasteiger partial charge in [-0.1, -0.05) is 31.9 Å². The fourth-order valence-electron chi connectivity index (χ4n) is 5.58. The number of nitrogens with zero attached hydrogens (tertiary/aromatic N) is 2. The molecule has 2 saturated heterocycles. The van der Waals surface area contributed by atoms with Crippen molar-refractivity contribution in [3.05, 3.63) is 29.8 Å². The van der Waals surface area contributed by atoms with E-state index < -0.39 is 0 Å². The van der Waals surface area contributed by atoms with E-state index in [1.54, 1.807) is 7.11 Å². The number of unbranched alkanes of at least 4 members (excludes halogenated alkanes) is 1. The lowest BCUT2D eigenvalue weighted by atomic mass is 9.69. The van der Waals surface area contributed by atoms with Gasteiger partial charge in [0.1, 0.15) is 0 Å². The van der Waals surface area contributed by atoms with Crippen molar-refractivity contribution in [2.75, 3.05) is 25.1 Å². The van der Waals surface area contributed by atoms with Crippen LogP contribution in [0.2, 0.25) is 0 Å². The first-order valence-electron chi connectivity index (χ1n) is 11.0. The molecule has 2 aliphatic heterocycles. The number of ether oxygens (including phenoxy) is 1. The molecule has 1 aliphatic carbocycles. The molecule has 0 spiro atoms. The van der Waals surface area contributed by atoms with Crippen molar-refractivity contribution in [2.45, 2.75) is 64.1 Å². The van der Waals surface area contributed by atoms with Crippen LogP contribution in [0.4, 0.5) is 10.5 Å². The second-order valence-electron chi connectivity index (χ2n) is 8.74. The Hall–Kier alpha value is -1.92. The Kier molecular flexibility index (Phi) is 5.93. The molecule has 2 heterocycles. The number of imide groups is 1. The summed E-state index contributed by atoms with van der Waals surface area (Å²) >= 11 is 0. The molecule has 6 heteroatoms. The van der Waals surface area contributed by atoms with Gasteiger partial charge in [0, 0.05) is 26.2 Å². The zero-order chi connectivity index (χ0) is 20.5. The predicted octanol–water partition coefficient (Wildman–Crippen LogP) is 3.34. The van der Waals surface area contributed by atoms with Crippen molar-refractivity contribution < 1.29 is 14.3 Å². The second kappa shape index (κ2) is 8.44. The van der Waals surface area contributed by atoms with Crippen LogP contribution in [-0.2, 0) is 9.53 Å². The Morgan fingerprint density at radius 3 is 2.79 bits per heavy atom. The number of piperidine rings is 1. The minimum Gasteiger partial charge on any atom is -0.380 e. The number of methoxy groups -OCH3 is 1. The van der Waals surface area contributed by atoms with Crippen molar-refractivity contribution in [3.63, 3.8) is 0 Å². The van der Waals surface area contributed by atoms with Crippen LogP contribution in [0.5, 0.6) is 0 Å². The van der Waals surface area contributed by atoms with Crippen molar-refractivity contribution in [3.8, 4) is 0 Å². The van der Waals surface area contributed by atoms with Crippen LogP contribution in [0.1, 0.15) is 44.6 Å². The van der Waals surface area contributed by atoms with Crippen molar-refractivity contribution >= 4 is 17.6 Å². The third-order valence-corrected chi connectivity index (χ3v) is 6.96. The van der Waals surface area contributed by atoms with Gasteiger partial charge in [-0.2, -0.15) is 0 Å². The summed E-state index contributed by atoms with van der Waals surface area (Å²) in [4.78, 5) is 30.6. The molecule has 5 atom stereocenters. The van der Waals surface area contributed by atoms with E-state index in [4.69, 9.17) is 4.74 Å². The zero-order valence-electron chi connectivity index (χ0n) is 17.8. The van der Waals surface area contributed by atoms with Gasteiger partial charge in [-0.15, -0.1) is 0 Å². The molecule has 0 bridgehead atoms. The number of carbonyl (C=O) groups is 2. The van der Waals surface area contributed by atoms with Gasteiger partial charge in [0.2, 0.25) is 5.91 Å². The number of benzene rings is 1. The number of amides is 3. The molecule has 1 saturated carbocycles. The van der Waals surface area contributed by atoms with E-state index in [2.05, 4.69) is 12.2 Å². The first kappa shape index (κ1) is 20.4. The quantitative estimate of drug-likeness (QED) is 0.825. The highest BCUT2D eigenvalue weighted by Crippen LogP contribution is 2.41. The minimum atomic E-state index is -0.207. The van der Waals surface area contributed by atoms with Gasteiger partial charge in [-0.05, 0) is 49.8 Å². The first-order chi connectivity index (χ1) is 14.1. The number of carbonyl (C=O) groups excluding carboxylic acids is 2. The lowest BCUT2D eigenvalue weighted by Crippen LogP contribution is -2.72. The second-order valence-corrected chi connectivity index (χ2v) is 8.74. The standard InChI is InChI=1S/C23H33N3O3/c1-4-5-12-25-21-17-10-7-11-19(29-3)20(17)24-14-18(21)22(27)26(23(25)28)16-9-6-8-15(2)13-16/h6,8-9,13,17-21,24H,4-5,7,10-12,14H2,1-3H3. The largest absolute Gasteiger partial charge is 0.380 e. The van der Waals surface area contributed by atoms with Crippen molar-refractivity contribution in [1.29, 1.82) is 0 Å². The molecule has 0 aromatic heterocycles. The maximum absolute atomic E-state index is 13.6. The molecular formula is C23H33N3O3. The smallest absolute Gasteiger partial charge is 0.331 e. The summed E-state index contributed by atoms with van der Waals surface area (Å²) in [5.74, 6) is -0.0115. The van der Waals surface area contributed by atoms with E-state index in [0.717, 1.165) is 37.7 Å². The van der Waals surface area contributed by atoms with Gasteiger partial charge >= 0.3 is 6.03 Å². The lowest BCUT2D eigenvalue weighted by Gasteiger charge is -2.55. The van der Waals surface area contributed by atoms with Crippen LogP contribution in [-0.4, -0.2) is 55.2 Å². The number of fused-ring (bicyclic) bond motifs is 3. The fourth-order valence-corrected chi connectivity index (χ4v) is 5.58. The summed E-state index contributed by atoms with van der Waals surface area (Å²) in [6, 6.07) is 7.70. The molecular weight excluding hydrogens is 366 g/mol. The number of hydrogen-bond donors (Lipinski definition) is 1. The van der Waals surface area contributed by atoms with Gasteiger partial charge in [0.25, 0.3) is 0 Å². The predicted molar refractivity (Wildman–Crippen MR) is 113 cm³/mol. The molecule has 158 valence electrons. The Balaban J connectivity index is 1.70. The average molecular weight is 400 g/mol. The number of nitrogens with one attached hydrogen (secondary N) is 1. The molecule has 4 rings (SSSR count). The summed E-state index contributed by atoms with van der Waals surface area (Å²) < 4.78 is 5.75. The van der Waals surface area contributed by atoms with Crippen LogP contribution >= 0.6 is 0 Å². The van der Waals surface area contributed by atoms with E-state index in [-0.39, 0.29) is 42.0 Å². The Labute approximate surface area is 173 Å². The van der Waals surface area contributed by atoms with Crippen LogP contribution in [0, 0.1) is 18.8 Å². The van der Waals surface area contributed by atoms with Gasteiger partial charge in [-0.25, -0.2) is 9.69 Å². The number of aryl methyl sites for hydroxylation is 1. The summed E-state index contributed by atoms with van der Waals surface area (Å²) in [7, 11) is 1.77. The third-order valence-electron chi connectivity index (χ3n) is 6.96. The van der Waals surface area contributed by atoms with E-state index in [1.807, 2.05) is 36.1 Å². The number of hydrogen-bond acceptors (Lipinski definition) is 4. The maximum Gasteiger partial charge on any atom is 0.331 e. The number of urea groups is 1. The highest BCUT2D eigenvalue weighted by atomic mass is 16.5. The van der Waals surface area contributed by atoms with Gasteiger partial charge in [-0.3, -0.25) is 4.79 Å². The average Bonchev–Trinajstić information content (AvgIpc) is 2.73. The molecule has 1 aromatic rings. The van der Waals surface area contributed by atoms with E-state index in [1.165, 1.54) is 4.90 Å². The lowest BCUT2D eigenvalue weighted by molar-refractivity contribution is -0.130. The van der Waals surface area contributed by atoms with Gasteiger partial charge in [0.15, 0.2) is 0 Å². The third kappa shape index (κ3) is 3.57. The summed E-state index contributed by atoms with van der Waals surface area (Å²) in [6.45, 7) is 5.43. The van der Waals surface area contributed by atoms with E-state index in [0.29, 0.717) is 18.8 Å². The van der Waals surface area contributed by atoms with Gasteiger partial charge < -0.3 is 15.0 Å². The summed E-state index contributed by atoms with van der Waals surface area (Å²) in [5, 5.41) is 3.62. The van der Waals surface area contributed by atoms with Gasteiger partial charge in [0.05, 0.1) is 23.8 Å². The fraction of sp³-hybridized carbons (Fsp3) is 0.652. The maximum atomic E-state index is 13.6. The monoisotopic (exact) mass is 399 g/mol. The summed E-state index contributed by atoms with van der Waals surface area (Å²) in [6.07, 6.45) is 5.27. The van der Waals surface area contributed by atoms with Crippen molar-refractivity contribution in [2.24, 2.45) is 11.8 Å². The molecule has 3 amide bonds. The molecule has 3 fully saturated rings. The minimum absolute atomic E-state index is 0.0354. The number of anilines is 1. The van der Waals surface area contributed by atoms with E-state index >= 15 is 0 Å². The van der Waals surface area contributed by atoms with Crippen LogP contribution in [0.3, 0.4) is 0 Å². The zero-order valence-corrected chi connectivity index (χ0v) is 17.8. The highest BCUT2D eigenvalue weighted by Gasteiger charge is 2.55. The Bertz CT molecular complexity index is 767. The highest BCUT2D eigenvalue weighted by molar-refractivity contribution is 6.17. The van der Waals surface area contributed by atoms with E-state index in [9.17, 15) is 9.59 Å². The molecule has 29 heavy (non-hydrogen) atoms.